The summed E-state index contributed by atoms with van der Waals surface area (Å²) < 4.78 is 10.3. The van der Waals surface area contributed by atoms with E-state index in [1.54, 1.807) is 19.1 Å². The van der Waals surface area contributed by atoms with Gasteiger partial charge in [-0.1, -0.05) is 5.16 Å². The number of rotatable bonds is 3. The molecule has 0 saturated carbocycles. The van der Waals surface area contributed by atoms with Crippen molar-refractivity contribution >= 4 is 5.91 Å². The topological polar surface area (TPSA) is 84.4 Å². The molecule has 7 nitrogen and oxygen atoms in total. The Morgan fingerprint density at radius 2 is 2.40 bits per heavy atom. The normalized spacial score (nSPS) is 23.1. The molecule has 7 heteroatoms. The van der Waals surface area contributed by atoms with E-state index in [1.165, 1.54) is 6.26 Å². The lowest BCUT2D eigenvalue weighted by Gasteiger charge is -2.13. The largest absolute Gasteiger partial charge is 0.459 e. The first-order chi connectivity index (χ1) is 9.63. The van der Waals surface area contributed by atoms with Gasteiger partial charge in [-0.2, -0.15) is 4.98 Å². The molecule has 1 saturated heterocycles. The quantitative estimate of drug-likeness (QED) is 0.905. The Hall–Kier alpha value is -2.15. The first-order valence-electron chi connectivity index (χ1n) is 6.48. The second kappa shape index (κ2) is 5.09. The molecule has 0 aliphatic carbocycles. The van der Waals surface area contributed by atoms with Gasteiger partial charge in [-0.15, -0.1) is 0 Å². The van der Waals surface area contributed by atoms with Gasteiger partial charge >= 0.3 is 0 Å². The first kappa shape index (κ1) is 12.9. The van der Waals surface area contributed by atoms with Gasteiger partial charge in [0.05, 0.1) is 12.3 Å². The number of furan rings is 1. The van der Waals surface area contributed by atoms with E-state index >= 15 is 0 Å². The number of carbonyl (C=O) groups excluding carboxylic acids is 1. The van der Waals surface area contributed by atoms with Crippen molar-refractivity contribution in [1.29, 1.82) is 0 Å². The Morgan fingerprint density at radius 1 is 1.55 bits per heavy atom. The molecular weight excluding hydrogens is 260 g/mol. The fraction of sp³-hybridized carbons (Fsp3) is 0.462. The lowest BCUT2D eigenvalue weighted by molar-refractivity contribution is 0.0910. The van der Waals surface area contributed by atoms with Crippen molar-refractivity contribution in [2.24, 2.45) is 0 Å². The number of likely N-dealkylation sites (N-methyl/N-ethyl adjacent to an activating group) is 1. The molecule has 0 spiro atoms. The zero-order valence-electron chi connectivity index (χ0n) is 11.4. The molecule has 1 aliphatic heterocycles. The minimum atomic E-state index is -0.198. The summed E-state index contributed by atoms with van der Waals surface area (Å²) in [5.74, 6) is 1.34. The Labute approximate surface area is 115 Å². The zero-order chi connectivity index (χ0) is 14.1. The Bertz CT molecular complexity index is 593. The molecule has 106 valence electrons. The number of aromatic nitrogens is 2. The predicted molar refractivity (Wildman–Crippen MR) is 69.0 cm³/mol. The van der Waals surface area contributed by atoms with Crippen LogP contribution in [-0.2, 0) is 0 Å². The fourth-order valence-electron chi connectivity index (χ4n) is 2.51. The standard InChI is InChI=1S/C13H16N4O3/c1-8-14-13(20-16-8)10-6-9(7-17(10)2)15-12(18)11-4-3-5-19-11/h3-5,9-10H,6-7H2,1-2H3,(H,15,18)/t9-,10-/m0/s1. The maximum atomic E-state index is 11.9. The van der Waals surface area contributed by atoms with E-state index in [2.05, 4.69) is 20.4 Å². The van der Waals surface area contributed by atoms with Crippen LogP contribution in [0.3, 0.4) is 0 Å². The second-order valence-electron chi connectivity index (χ2n) is 5.02. The molecule has 0 unspecified atom stereocenters. The number of likely N-dealkylation sites (tertiary alicyclic amines) is 1. The van der Waals surface area contributed by atoms with E-state index in [-0.39, 0.29) is 18.0 Å². The highest BCUT2D eigenvalue weighted by atomic mass is 16.5. The monoisotopic (exact) mass is 276 g/mol. The van der Waals surface area contributed by atoms with Gasteiger partial charge in [-0.05, 0) is 32.5 Å². The molecule has 1 N–H and O–H groups in total. The van der Waals surface area contributed by atoms with Gasteiger partial charge < -0.3 is 14.3 Å². The van der Waals surface area contributed by atoms with E-state index in [0.29, 0.717) is 17.5 Å². The molecule has 2 aromatic heterocycles. The minimum Gasteiger partial charge on any atom is -0.459 e. The molecule has 0 bridgehead atoms. The van der Waals surface area contributed by atoms with Crippen molar-refractivity contribution in [1.82, 2.24) is 20.4 Å². The number of amides is 1. The average molecular weight is 276 g/mol. The van der Waals surface area contributed by atoms with Crippen LogP contribution < -0.4 is 5.32 Å². The van der Waals surface area contributed by atoms with Crippen LogP contribution >= 0.6 is 0 Å². The van der Waals surface area contributed by atoms with Crippen molar-refractivity contribution in [3.63, 3.8) is 0 Å². The van der Waals surface area contributed by atoms with Gasteiger partial charge in [0.15, 0.2) is 11.6 Å². The molecule has 3 rings (SSSR count). The van der Waals surface area contributed by atoms with Gasteiger partial charge in [-0.25, -0.2) is 0 Å². The number of hydrogen-bond donors (Lipinski definition) is 1. The lowest BCUT2D eigenvalue weighted by Crippen LogP contribution is -2.36. The van der Waals surface area contributed by atoms with Crippen molar-refractivity contribution in [2.75, 3.05) is 13.6 Å². The SMILES string of the molecule is Cc1noc([C@@H]2C[C@H](NC(=O)c3ccco3)CN2C)n1. The Morgan fingerprint density at radius 3 is 3.05 bits per heavy atom. The highest BCUT2D eigenvalue weighted by Gasteiger charge is 2.35. The summed E-state index contributed by atoms with van der Waals surface area (Å²) in [5.41, 5.74) is 0. The van der Waals surface area contributed by atoms with Crippen LogP contribution in [0.15, 0.2) is 27.3 Å². The van der Waals surface area contributed by atoms with Crippen LogP contribution in [0.2, 0.25) is 0 Å². The van der Waals surface area contributed by atoms with E-state index in [1.807, 2.05) is 7.05 Å². The van der Waals surface area contributed by atoms with Crippen molar-refractivity contribution in [3.05, 3.63) is 35.9 Å². The summed E-state index contributed by atoms with van der Waals surface area (Å²) in [6.45, 7) is 2.52. The molecule has 0 radical (unpaired) electrons. The lowest BCUT2D eigenvalue weighted by atomic mass is 10.1. The zero-order valence-corrected chi connectivity index (χ0v) is 11.4. The molecule has 1 aliphatic rings. The molecule has 2 aromatic rings. The molecule has 1 fully saturated rings. The number of carbonyl (C=O) groups is 1. The van der Waals surface area contributed by atoms with Crippen molar-refractivity contribution < 1.29 is 13.7 Å². The number of aryl methyl sites for hydroxylation is 1. The van der Waals surface area contributed by atoms with E-state index < -0.39 is 0 Å². The highest BCUT2D eigenvalue weighted by Crippen LogP contribution is 2.29. The fourth-order valence-corrected chi connectivity index (χ4v) is 2.51. The summed E-state index contributed by atoms with van der Waals surface area (Å²) in [6.07, 6.45) is 2.23. The van der Waals surface area contributed by atoms with Gasteiger partial charge in [0.2, 0.25) is 5.89 Å². The number of nitrogens with zero attached hydrogens (tertiary/aromatic N) is 3. The van der Waals surface area contributed by atoms with E-state index in [0.717, 1.165) is 13.0 Å². The number of hydrogen-bond acceptors (Lipinski definition) is 6. The predicted octanol–water partition coefficient (Wildman–Crippen LogP) is 1.15. The Balaban J connectivity index is 1.65. The maximum Gasteiger partial charge on any atom is 0.287 e. The summed E-state index contributed by atoms with van der Waals surface area (Å²) in [4.78, 5) is 18.3. The Kier molecular flexibility index (Phi) is 3.27. The third-order valence-corrected chi connectivity index (χ3v) is 3.46. The molecule has 0 aromatic carbocycles. The minimum absolute atomic E-state index is 0.0369. The van der Waals surface area contributed by atoms with Crippen LogP contribution in [0.25, 0.3) is 0 Å². The molecule has 1 amide bonds. The number of nitrogens with one attached hydrogen (secondary N) is 1. The smallest absolute Gasteiger partial charge is 0.287 e. The van der Waals surface area contributed by atoms with Crippen molar-refractivity contribution in [3.8, 4) is 0 Å². The maximum absolute atomic E-state index is 11.9. The van der Waals surface area contributed by atoms with Crippen LogP contribution in [-0.4, -0.2) is 40.6 Å². The van der Waals surface area contributed by atoms with Crippen LogP contribution in [0.4, 0.5) is 0 Å². The second-order valence-corrected chi connectivity index (χ2v) is 5.02. The molecular formula is C13H16N4O3. The van der Waals surface area contributed by atoms with Gasteiger partial charge in [0.25, 0.3) is 5.91 Å². The summed E-state index contributed by atoms with van der Waals surface area (Å²) in [6, 6.07) is 3.42. The highest BCUT2D eigenvalue weighted by molar-refractivity contribution is 5.91. The molecule has 2 atom stereocenters. The first-order valence-corrected chi connectivity index (χ1v) is 6.48. The summed E-state index contributed by atoms with van der Waals surface area (Å²) in [5, 5.41) is 6.76. The van der Waals surface area contributed by atoms with Gasteiger partial charge in [0.1, 0.15) is 0 Å². The molecule has 20 heavy (non-hydrogen) atoms. The van der Waals surface area contributed by atoms with Crippen molar-refractivity contribution in [2.45, 2.75) is 25.4 Å². The summed E-state index contributed by atoms with van der Waals surface area (Å²) >= 11 is 0. The van der Waals surface area contributed by atoms with E-state index in [9.17, 15) is 4.79 Å². The van der Waals surface area contributed by atoms with E-state index in [4.69, 9.17) is 8.94 Å². The van der Waals surface area contributed by atoms with Gasteiger partial charge in [0, 0.05) is 12.6 Å². The van der Waals surface area contributed by atoms with Gasteiger partial charge in [-0.3, -0.25) is 9.69 Å². The van der Waals surface area contributed by atoms with Crippen LogP contribution in [0.5, 0.6) is 0 Å². The van der Waals surface area contributed by atoms with Crippen LogP contribution in [0.1, 0.15) is 34.7 Å². The third-order valence-electron chi connectivity index (χ3n) is 3.46. The third kappa shape index (κ3) is 2.44. The average Bonchev–Trinajstić information content (AvgIpc) is 3.10. The summed E-state index contributed by atoms with van der Waals surface area (Å²) in [7, 11) is 1.98. The van der Waals surface area contributed by atoms with Crippen LogP contribution in [0, 0.1) is 6.92 Å². The molecule has 3 heterocycles.